The third-order valence-electron chi connectivity index (χ3n) is 2.35. The van der Waals surface area contributed by atoms with Crippen LogP contribution in [0.25, 0.3) is 0 Å². The van der Waals surface area contributed by atoms with Crippen LogP contribution in [0.1, 0.15) is 24.6 Å². The second-order valence-corrected chi connectivity index (χ2v) is 3.78. The Bertz CT molecular complexity index is 292. The predicted molar refractivity (Wildman–Crippen MR) is 51.1 cm³/mol. The van der Waals surface area contributed by atoms with Crippen LogP contribution < -0.4 is 0 Å². The molecular weight excluding hydrogens is 188 g/mol. The van der Waals surface area contributed by atoms with Crippen molar-refractivity contribution in [2.75, 3.05) is 13.2 Å². The number of rotatable bonds is 1. The summed E-state index contributed by atoms with van der Waals surface area (Å²) < 4.78 is 7.20. The minimum Gasteiger partial charge on any atom is -0.381 e. The van der Waals surface area contributed by atoms with Gasteiger partial charge in [0, 0.05) is 13.2 Å². The number of halogens is 1. The zero-order valence-electron chi connectivity index (χ0n) is 7.66. The highest BCUT2D eigenvalue weighted by Gasteiger charge is 2.18. The van der Waals surface area contributed by atoms with Gasteiger partial charge in [0.15, 0.2) is 0 Å². The van der Waals surface area contributed by atoms with Crippen molar-refractivity contribution in [1.82, 2.24) is 9.78 Å². The highest BCUT2D eigenvalue weighted by molar-refractivity contribution is 6.29. The molecule has 0 amide bonds. The van der Waals surface area contributed by atoms with Crippen LogP contribution in [0.5, 0.6) is 0 Å². The van der Waals surface area contributed by atoms with E-state index in [9.17, 15) is 0 Å². The van der Waals surface area contributed by atoms with Crippen LogP contribution in [0.3, 0.4) is 0 Å². The summed E-state index contributed by atoms with van der Waals surface area (Å²) in [6.45, 7) is 3.60. The molecule has 0 spiro atoms. The SMILES string of the molecule is Cc1cc(Cl)n(C2CCOCC2)n1. The topological polar surface area (TPSA) is 27.1 Å². The van der Waals surface area contributed by atoms with Crippen LogP contribution in [0.2, 0.25) is 5.15 Å². The number of hydrogen-bond acceptors (Lipinski definition) is 2. The van der Waals surface area contributed by atoms with Crippen molar-refractivity contribution in [3.63, 3.8) is 0 Å². The number of aromatic nitrogens is 2. The summed E-state index contributed by atoms with van der Waals surface area (Å²) in [7, 11) is 0. The summed E-state index contributed by atoms with van der Waals surface area (Å²) in [6.07, 6.45) is 2.03. The molecule has 1 aliphatic heterocycles. The molecule has 4 heteroatoms. The maximum atomic E-state index is 6.04. The van der Waals surface area contributed by atoms with Crippen LogP contribution in [-0.2, 0) is 4.74 Å². The lowest BCUT2D eigenvalue weighted by molar-refractivity contribution is 0.0662. The van der Waals surface area contributed by atoms with E-state index in [-0.39, 0.29) is 0 Å². The van der Waals surface area contributed by atoms with Gasteiger partial charge in [-0.3, -0.25) is 4.68 Å². The van der Waals surface area contributed by atoms with Crippen molar-refractivity contribution in [3.8, 4) is 0 Å². The molecule has 13 heavy (non-hydrogen) atoms. The van der Waals surface area contributed by atoms with E-state index in [1.54, 1.807) is 0 Å². The Balaban J connectivity index is 2.18. The molecular formula is C9H13ClN2O. The van der Waals surface area contributed by atoms with E-state index in [0.29, 0.717) is 6.04 Å². The molecule has 72 valence electrons. The molecule has 0 aromatic carbocycles. The van der Waals surface area contributed by atoms with E-state index >= 15 is 0 Å². The maximum absolute atomic E-state index is 6.04. The monoisotopic (exact) mass is 200 g/mol. The summed E-state index contributed by atoms with van der Waals surface area (Å²) in [4.78, 5) is 0. The van der Waals surface area contributed by atoms with E-state index in [4.69, 9.17) is 16.3 Å². The van der Waals surface area contributed by atoms with Gasteiger partial charge in [-0.05, 0) is 25.8 Å². The Morgan fingerprint density at radius 1 is 1.54 bits per heavy atom. The minimum absolute atomic E-state index is 0.426. The number of nitrogens with zero attached hydrogens (tertiary/aromatic N) is 2. The first kappa shape index (κ1) is 9.03. The van der Waals surface area contributed by atoms with Crippen LogP contribution in [0.15, 0.2) is 6.07 Å². The fourth-order valence-electron chi connectivity index (χ4n) is 1.67. The first-order chi connectivity index (χ1) is 6.27. The highest BCUT2D eigenvalue weighted by atomic mass is 35.5. The Morgan fingerprint density at radius 3 is 2.77 bits per heavy atom. The fourth-order valence-corrected chi connectivity index (χ4v) is 2.00. The standard InChI is InChI=1S/C9H13ClN2O/c1-7-6-9(10)12(11-7)8-2-4-13-5-3-8/h6,8H,2-5H2,1H3. The van der Waals surface area contributed by atoms with Crippen molar-refractivity contribution in [3.05, 3.63) is 16.9 Å². The molecule has 0 saturated carbocycles. The van der Waals surface area contributed by atoms with E-state index in [0.717, 1.165) is 36.9 Å². The third kappa shape index (κ3) is 1.86. The van der Waals surface area contributed by atoms with Crippen molar-refractivity contribution < 1.29 is 4.74 Å². The maximum Gasteiger partial charge on any atom is 0.127 e. The van der Waals surface area contributed by atoms with Gasteiger partial charge in [-0.25, -0.2) is 0 Å². The second-order valence-electron chi connectivity index (χ2n) is 3.40. The van der Waals surface area contributed by atoms with Gasteiger partial charge in [0.2, 0.25) is 0 Å². The third-order valence-corrected chi connectivity index (χ3v) is 2.63. The smallest absolute Gasteiger partial charge is 0.127 e. The summed E-state index contributed by atoms with van der Waals surface area (Å²) >= 11 is 6.04. The number of aryl methyl sites for hydroxylation is 1. The van der Waals surface area contributed by atoms with Gasteiger partial charge in [-0.15, -0.1) is 0 Å². The van der Waals surface area contributed by atoms with Gasteiger partial charge >= 0.3 is 0 Å². The first-order valence-electron chi connectivity index (χ1n) is 4.57. The van der Waals surface area contributed by atoms with E-state index in [1.807, 2.05) is 17.7 Å². The molecule has 0 atom stereocenters. The van der Waals surface area contributed by atoms with Crippen molar-refractivity contribution in [2.45, 2.75) is 25.8 Å². The Kier molecular flexibility index (Phi) is 2.56. The normalized spacial score (nSPS) is 19.2. The Labute approximate surface area is 82.6 Å². The zero-order valence-corrected chi connectivity index (χ0v) is 8.42. The van der Waals surface area contributed by atoms with Crippen molar-refractivity contribution in [2.24, 2.45) is 0 Å². The molecule has 3 nitrogen and oxygen atoms in total. The van der Waals surface area contributed by atoms with E-state index < -0.39 is 0 Å². The molecule has 1 aromatic rings. The van der Waals surface area contributed by atoms with Gasteiger partial charge in [-0.1, -0.05) is 11.6 Å². The fraction of sp³-hybridized carbons (Fsp3) is 0.667. The zero-order chi connectivity index (χ0) is 9.26. The average molecular weight is 201 g/mol. The molecule has 1 aromatic heterocycles. The molecule has 0 N–H and O–H groups in total. The highest BCUT2D eigenvalue weighted by Crippen LogP contribution is 2.24. The summed E-state index contributed by atoms with van der Waals surface area (Å²) in [6, 6.07) is 2.33. The van der Waals surface area contributed by atoms with Gasteiger partial charge < -0.3 is 4.74 Å². The molecule has 0 aliphatic carbocycles. The molecule has 0 radical (unpaired) electrons. The van der Waals surface area contributed by atoms with Crippen LogP contribution in [0.4, 0.5) is 0 Å². The van der Waals surface area contributed by atoms with Crippen molar-refractivity contribution >= 4 is 11.6 Å². The molecule has 1 fully saturated rings. The minimum atomic E-state index is 0.426. The predicted octanol–water partition coefficient (Wildman–Crippen LogP) is 2.20. The van der Waals surface area contributed by atoms with Crippen LogP contribution in [-0.4, -0.2) is 23.0 Å². The van der Waals surface area contributed by atoms with Crippen molar-refractivity contribution in [1.29, 1.82) is 0 Å². The lowest BCUT2D eigenvalue weighted by atomic mass is 10.1. The first-order valence-corrected chi connectivity index (χ1v) is 4.94. The molecule has 1 saturated heterocycles. The van der Waals surface area contributed by atoms with Crippen LogP contribution in [0, 0.1) is 6.92 Å². The molecule has 2 heterocycles. The van der Waals surface area contributed by atoms with E-state index in [2.05, 4.69) is 5.10 Å². The quantitative estimate of drug-likeness (QED) is 0.695. The van der Waals surface area contributed by atoms with Crippen LogP contribution >= 0.6 is 11.6 Å². The summed E-state index contributed by atoms with van der Waals surface area (Å²) in [5.74, 6) is 0. The second kappa shape index (κ2) is 3.68. The summed E-state index contributed by atoms with van der Waals surface area (Å²) in [5, 5.41) is 5.10. The lowest BCUT2D eigenvalue weighted by Gasteiger charge is -2.22. The van der Waals surface area contributed by atoms with Gasteiger partial charge in [0.1, 0.15) is 5.15 Å². The molecule has 1 aliphatic rings. The number of ether oxygens (including phenoxy) is 1. The van der Waals surface area contributed by atoms with E-state index in [1.165, 1.54) is 0 Å². The largest absolute Gasteiger partial charge is 0.381 e. The molecule has 2 rings (SSSR count). The lowest BCUT2D eigenvalue weighted by Crippen LogP contribution is -2.20. The van der Waals surface area contributed by atoms with Gasteiger partial charge in [0.05, 0.1) is 11.7 Å². The summed E-state index contributed by atoms with van der Waals surface area (Å²) in [5.41, 5.74) is 0.983. The Hall–Kier alpha value is -0.540. The van der Waals surface area contributed by atoms with Gasteiger partial charge in [0.25, 0.3) is 0 Å². The molecule has 0 unspecified atom stereocenters. The number of hydrogen-bond donors (Lipinski definition) is 0. The van der Waals surface area contributed by atoms with Gasteiger partial charge in [-0.2, -0.15) is 5.10 Å². The Morgan fingerprint density at radius 2 is 2.23 bits per heavy atom. The molecule has 0 bridgehead atoms. The average Bonchev–Trinajstić information content (AvgIpc) is 2.47.